The fourth-order valence-corrected chi connectivity index (χ4v) is 2.27. The molecule has 0 aliphatic rings. The van der Waals surface area contributed by atoms with Crippen LogP contribution in [0.15, 0.2) is 12.1 Å². The summed E-state index contributed by atoms with van der Waals surface area (Å²) in [7, 11) is 0. The van der Waals surface area contributed by atoms with Gasteiger partial charge >= 0.3 is 0 Å². The van der Waals surface area contributed by atoms with Gasteiger partial charge < -0.3 is 5.32 Å². The lowest BCUT2D eigenvalue weighted by Gasteiger charge is -2.06. The average molecular weight is 291 g/mol. The van der Waals surface area contributed by atoms with Gasteiger partial charge in [0.25, 0.3) is 0 Å². The van der Waals surface area contributed by atoms with Crippen LogP contribution in [-0.4, -0.2) is 18.6 Å². The van der Waals surface area contributed by atoms with Crippen LogP contribution in [0, 0.1) is 17.5 Å². The Morgan fingerprint density at radius 1 is 0.947 bits per heavy atom. The van der Waals surface area contributed by atoms with Crippen LogP contribution >= 0.6 is 11.8 Å². The van der Waals surface area contributed by atoms with Gasteiger partial charge in [0.1, 0.15) is 5.82 Å². The highest BCUT2D eigenvalue weighted by atomic mass is 32.2. The molecule has 108 valence electrons. The first-order valence-electron chi connectivity index (χ1n) is 6.48. The average Bonchev–Trinajstić information content (AvgIpc) is 2.38. The predicted octanol–water partition coefficient (Wildman–Crippen LogP) is 4.12. The second-order valence-corrected chi connectivity index (χ2v) is 5.43. The molecular formula is C14H20F3NS. The highest BCUT2D eigenvalue weighted by Crippen LogP contribution is 2.13. The molecule has 0 atom stereocenters. The number of halogens is 3. The maximum Gasteiger partial charge on any atom is 0.161 e. The van der Waals surface area contributed by atoms with Crippen LogP contribution in [0.5, 0.6) is 0 Å². The van der Waals surface area contributed by atoms with Crippen molar-refractivity contribution in [3.05, 3.63) is 35.1 Å². The summed E-state index contributed by atoms with van der Waals surface area (Å²) in [6.07, 6.45) is 6.66. The van der Waals surface area contributed by atoms with Crippen molar-refractivity contribution in [2.75, 3.05) is 18.6 Å². The minimum absolute atomic E-state index is 0.168. The molecule has 1 rings (SSSR count). The molecule has 0 aliphatic heterocycles. The van der Waals surface area contributed by atoms with Crippen molar-refractivity contribution in [3.63, 3.8) is 0 Å². The van der Waals surface area contributed by atoms with Crippen LogP contribution in [0.3, 0.4) is 0 Å². The minimum Gasteiger partial charge on any atom is -0.313 e. The van der Waals surface area contributed by atoms with E-state index in [9.17, 15) is 13.2 Å². The molecule has 0 amide bonds. The first-order valence-corrected chi connectivity index (χ1v) is 7.87. The number of hydrogen-bond donors (Lipinski definition) is 1. The van der Waals surface area contributed by atoms with Crippen LogP contribution in [0.2, 0.25) is 0 Å². The van der Waals surface area contributed by atoms with Crippen molar-refractivity contribution in [2.45, 2.75) is 32.2 Å². The van der Waals surface area contributed by atoms with E-state index in [0.29, 0.717) is 6.07 Å². The molecular weight excluding hydrogens is 271 g/mol. The van der Waals surface area contributed by atoms with Crippen molar-refractivity contribution < 1.29 is 13.2 Å². The molecule has 0 saturated carbocycles. The Hall–Kier alpha value is -0.680. The number of rotatable bonds is 9. The molecule has 0 saturated heterocycles. The minimum atomic E-state index is -1.14. The Labute approximate surface area is 117 Å². The number of benzene rings is 1. The maximum absolute atomic E-state index is 13.3. The zero-order valence-electron chi connectivity index (χ0n) is 11.1. The van der Waals surface area contributed by atoms with Crippen LogP contribution < -0.4 is 5.32 Å². The number of hydrogen-bond acceptors (Lipinski definition) is 2. The molecule has 0 unspecified atom stereocenters. The molecule has 0 bridgehead atoms. The maximum atomic E-state index is 13.3. The first-order chi connectivity index (χ1) is 9.15. The number of unbranched alkanes of at least 4 members (excludes halogenated alkanes) is 3. The largest absolute Gasteiger partial charge is 0.313 e. The van der Waals surface area contributed by atoms with E-state index in [0.717, 1.165) is 25.5 Å². The van der Waals surface area contributed by atoms with Gasteiger partial charge in [0, 0.05) is 18.2 Å². The Bertz CT molecular complexity index is 385. The van der Waals surface area contributed by atoms with E-state index in [2.05, 4.69) is 11.6 Å². The summed E-state index contributed by atoms with van der Waals surface area (Å²) in [4.78, 5) is 0. The van der Waals surface area contributed by atoms with Crippen molar-refractivity contribution in [2.24, 2.45) is 0 Å². The number of thioether (sulfide) groups is 1. The molecule has 1 aromatic carbocycles. The van der Waals surface area contributed by atoms with Crippen molar-refractivity contribution in [3.8, 4) is 0 Å². The van der Waals surface area contributed by atoms with Crippen molar-refractivity contribution >= 4 is 11.8 Å². The van der Waals surface area contributed by atoms with Gasteiger partial charge in [-0.2, -0.15) is 11.8 Å². The van der Waals surface area contributed by atoms with Gasteiger partial charge in [0.05, 0.1) is 0 Å². The molecule has 0 fully saturated rings. The summed E-state index contributed by atoms with van der Waals surface area (Å²) in [6.45, 7) is 0.992. The third kappa shape index (κ3) is 6.34. The third-order valence-electron chi connectivity index (χ3n) is 2.86. The second-order valence-electron chi connectivity index (χ2n) is 4.44. The second kappa shape index (κ2) is 9.26. The monoisotopic (exact) mass is 291 g/mol. The van der Waals surface area contributed by atoms with E-state index < -0.39 is 17.5 Å². The Kier molecular flexibility index (Phi) is 7.98. The zero-order valence-corrected chi connectivity index (χ0v) is 12.0. The SMILES string of the molecule is CSCCCCCCNCc1cc(F)c(F)cc1F. The van der Waals surface area contributed by atoms with Crippen LogP contribution in [-0.2, 0) is 6.54 Å². The molecule has 1 aromatic rings. The van der Waals surface area contributed by atoms with Gasteiger partial charge in [0.2, 0.25) is 0 Å². The number of nitrogens with one attached hydrogen (secondary N) is 1. The van der Waals surface area contributed by atoms with E-state index in [1.54, 1.807) is 0 Å². The molecule has 5 heteroatoms. The molecule has 0 heterocycles. The fourth-order valence-electron chi connectivity index (χ4n) is 1.77. The van der Waals surface area contributed by atoms with Gasteiger partial charge in [-0.15, -0.1) is 0 Å². The smallest absolute Gasteiger partial charge is 0.161 e. The molecule has 1 nitrogen and oxygen atoms in total. The van der Waals surface area contributed by atoms with Gasteiger partial charge in [0.15, 0.2) is 11.6 Å². The Morgan fingerprint density at radius 3 is 2.37 bits per heavy atom. The van der Waals surface area contributed by atoms with Crippen molar-refractivity contribution in [1.82, 2.24) is 5.32 Å². The predicted molar refractivity (Wildman–Crippen MR) is 74.9 cm³/mol. The summed E-state index contributed by atoms with van der Waals surface area (Å²) in [6, 6.07) is 1.50. The lowest BCUT2D eigenvalue weighted by atomic mass is 10.2. The zero-order chi connectivity index (χ0) is 14.1. The third-order valence-corrected chi connectivity index (χ3v) is 3.55. The molecule has 1 N–H and O–H groups in total. The lowest BCUT2D eigenvalue weighted by Crippen LogP contribution is -2.16. The van der Waals surface area contributed by atoms with E-state index in [-0.39, 0.29) is 12.1 Å². The van der Waals surface area contributed by atoms with Crippen LogP contribution in [0.25, 0.3) is 0 Å². The standard InChI is InChI=1S/C14H20F3NS/c1-19-7-5-3-2-4-6-18-10-11-8-13(16)14(17)9-12(11)15/h8-9,18H,2-7,10H2,1H3. The van der Waals surface area contributed by atoms with Gasteiger partial charge in [-0.05, 0) is 37.5 Å². The molecule has 0 aliphatic carbocycles. The quantitative estimate of drug-likeness (QED) is 0.542. The van der Waals surface area contributed by atoms with Crippen LogP contribution in [0.4, 0.5) is 13.2 Å². The summed E-state index contributed by atoms with van der Waals surface area (Å²) in [5.74, 6) is -1.66. The van der Waals surface area contributed by atoms with Crippen LogP contribution in [0.1, 0.15) is 31.2 Å². The van der Waals surface area contributed by atoms with Gasteiger partial charge in [-0.3, -0.25) is 0 Å². The summed E-state index contributed by atoms with van der Waals surface area (Å²) < 4.78 is 38.9. The normalized spacial score (nSPS) is 10.9. The van der Waals surface area contributed by atoms with Crippen molar-refractivity contribution in [1.29, 1.82) is 0 Å². The van der Waals surface area contributed by atoms with E-state index in [1.165, 1.54) is 18.6 Å². The first kappa shape index (κ1) is 16.4. The molecule has 0 aromatic heterocycles. The lowest BCUT2D eigenvalue weighted by molar-refractivity contribution is 0.486. The van der Waals surface area contributed by atoms with E-state index in [1.807, 2.05) is 11.8 Å². The molecule has 0 spiro atoms. The summed E-state index contributed by atoms with van der Waals surface area (Å²) in [5.41, 5.74) is 0.168. The van der Waals surface area contributed by atoms with Gasteiger partial charge in [-0.1, -0.05) is 12.8 Å². The highest BCUT2D eigenvalue weighted by molar-refractivity contribution is 7.98. The topological polar surface area (TPSA) is 12.0 Å². The Balaban J connectivity index is 2.17. The fraction of sp³-hybridized carbons (Fsp3) is 0.571. The highest BCUT2D eigenvalue weighted by Gasteiger charge is 2.08. The van der Waals surface area contributed by atoms with Gasteiger partial charge in [-0.25, -0.2) is 13.2 Å². The Morgan fingerprint density at radius 2 is 1.63 bits per heavy atom. The van der Waals surface area contributed by atoms with E-state index in [4.69, 9.17) is 0 Å². The van der Waals surface area contributed by atoms with E-state index >= 15 is 0 Å². The molecule has 0 radical (unpaired) electrons. The summed E-state index contributed by atoms with van der Waals surface area (Å²) in [5, 5.41) is 3.05. The summed E-state index contributed by atoms with van der Waals surface area (Å²) >= 11 is 1.85. The molecule has 19 heavy (non-hydrogen) atoms.